The van der Waals surface area contributed by atoms with Crippen molar-refractivity contribution in [2.45, 2.75) is 165 Å². The van der Waals surface area contributed by atoms with E-state index in [-0.39, 0.29) is 108 Å². The van der Waals surface area contributed by atoms with Crippen LogP contribution in [0.1, 0.15) is 85.5 Å². The largest absolute Gasteiger partial charge is 0.462 e. The summed E-state index contributed by atoms with van der Waals surface area (Å²) in [6.07, 6.45) is 5.20. The number of carbonyl (C=O) groups is 2. The number of methoxy groups -OCH3 is 3. The van der Waals surface area contributed by atoms with Gasteiger partial charge in [-0.2, -0.15) is 0 Å². The van der Waals surface area contributed by atoms with Gasteiger partial charge >= 0.3 is 5.97 Å². The zero-order chi connectivity index (χ0) is 42.6. The molecule has 19 atom stereocenters. The van der Waals surface area contributed by atoms with Gasteiger partial charge in [0, 0.05) is 44.9 Å². The number of cyclic esters (lactones) is 1. The Balaban J connectivity index is 1.11. The van der Waals surface area contributed by atoms with E-state index in [0.29, 0.717) is 25.3 Å². The topological polar surface area (TPSA) is 114 Å². The van der Waals surface area contributed by atoms with Crippen LogP contribution in [0, 0.1) is 41.3 Å². The predicted molar refractivity (Wildman–Crippen MR) is 222 cm³/mol. The number of rotatable bonds is 10. The van der Waals surface area contributed by atoms with Crippen LogP contribution in [0.4, 0.5) is 10.1 Å². The van der Waals surface area contributed by atoms with E-state index in [1.165, 1.54) is 6.07 Å². The van der Waals surface area contributed by atoms with Crippen LogP contribution in [0.15, 0.2) is 35.9 Å². The normalized spacial score (nSPS) is 44.5. The average Bonchev–Trinajstić information content (AvgIpc) is 3.63. The van der Waals surface area contributed by atoms with Gasteiger partial charge in [0.25, 0.3) is 0 Å². The lowest BCUT2D eigenvalue weighted by atomic mass is 9.66. The van der Waals surface area contributed by atoms with Crippen LogP contribution in [-0.2, 0) is 47.5 Å². The first-order valence-electron chi connectivity index (χ1n) is 22.7. The second-order valence-electron chi connectivity index (χ2n) is 19.0. The maximum atomic E-state index is 15.1. The molecule has 7 aliphatic rings. The van der Waals surface area contributed by atoms with Gasteiger partial charge < -0.3 is 47.7 Å². The third-order valence-electron chi connectivity index (χ3n) is 15.5. The molecule has 0 bridgehead atoms. The van der Waals surface area contributed by atoms with E-state index in [1.54, 1.807) is 33.5 Å². The van der Waals surface area contributed by atoms with Gasteiger partial charge in [0.15, 0.2) is 18.4 Å². The molecule has 6 fully saturated rings. The first-order valence-corrected chi connectivity index (χ1v) is 22.7. The number of allylic oxidation sites excluding steroid dienone is 2. The summed E-state index contributed by atoms with van der Waals surface area (Å²) >= 11 is 0. The van der Waals surface area contributed by atoms with Crippen molar-refractivity contribution in [3.8, 4) is 0 Å². The van der Waals surface area contributed by atoms with E-state index in [4.69, 9.17) is 37.9 Å². The summed E-state index contributed by atoms with van der Waals surface area (Å²) in [5.74, 6) is -0.938. The Morgan fingerprint density at radius 1 is 0.867 bits per heavy atom. The first kappa shape index (κ1) is 44.1. The zero-order valence-electron chi connectivity index (χ0n) is 37.1. The highest BCUT2D eigenvalue weighted by Gasteiger charge is 2.69. The molecule has 4 heterocycles. The molecule has 0 radical (unpaired) electrons. The van der Waals surface area contributed by atoms with Gasteiger partial charge in [-0.25, -0.2) is 4.39 Å². The second-order valence-corrected chi connectivity index (χ2v) is 19.0. The number of halogens is 1. The summed E-state index contributed by atoms with van der Waals surface area (Å²) in [7, 11) is 9.10. The molecule has 8 rings (SSSR count). The predicted octanol–water partition coefficient (Wildman–Crippen LogP) is 6.33. The summed E-state index contributed by atoms with van der Waals surface area (Å²) in [6.45, 7) is 8.12. The number of ketones is 1. The van der Waals surface area contributed by atoms with Gasteiger partial charge in [-0.1, -0.05) is 26.0 Å². The van der Waals surface area contributed by atoms with Crippen LogP contribution < -0.4 is 4.90 Å². The average molecular weight is 841 g/mol. The summed E-state index contributed by atoms with van der Waals surface area (Å²) < 4.78 is 65.2. The molecular weight excluding hydrogens is 772 g/mol. The molecule has 12 nitrogen and oxygen atoms in total. The molecule has 13 heteroatoms. The van der Waals surface area contributed by atoms with Crippen molar-refractivity contribution >= 4 is 17.4 Å². The molecular formula is C47H69FN2O10. The van der Waals surface area contributed by atoms with Crippen molar-refractivity contribution in [1.82, 2.24) is 4.90 Å². The van der Waals surface area contributed by atoms with Gasteiger partial charge in [0.2, 0.25) is 0 Å². The van der Waals surface area contributed by atoms with Gasteiger partial charge in [-0.05, 0) is 127 Å². The van der Waals surface area contributed by atoms with Crippen molar-refractivity contribution < 1.29 is 51.9 Å². The Morgan fingerprint density at radius 2 is 1.62 bits per heavy atom. The van der Waals surface area contributed by atoms with E-state index in [2.05, 4.69) is 43.8 Å². The number of Topliss-reactive ketones (excluding diaryl/α,β-unsaturated/α-hetero) is 1. The fourth-order valence-corrected chi connectivity index (χ4v) is 12.6. The Hall–Kier alpha value is -2.49. The minimum atomic E-state index is -0.668. The van der Waals surface area contributed by atoms with Gasteiger partial charge in [-0.15, -0.1) is 0 Å². The van der Waals surface area contributed by atoms with E-state index < -0.39 is 24.6 Å². The number of ether oxygens (including phenoxy) is 8. The van der Waals surface area contributed by atoms with Gasteiger partial charge in [0.1, 0.15) is 30.2 Å². The molecule has 60 heavy (non-hydrogen) atoms. The summed E-state index contributed by atoms with van der Waals surface area (Å²) in [4.78, 5) is 33.7. The number of nitrogens with zero attached hydrogens (tertiary/aromatic N) is 2. The van der Waals surface area contributed by atoms with Crippen LogP contribution in [0.5, 0.6) is 0 Å². The SMILES string of the molecule is CC[C@H]1CCC[C@H](O[C@H]2CC[C@H](N(C)C)C(C)O2)[C@@H](C)C(=O)C2=C[C@H]3[C@@H]4C[C@H](O[C@@H]5OC(C)[C@H](OC)C(OC)[C@@H]5OC)C[C@H]4[C@H]4[C@@H]([C@H]3[C@@H]2CC(=O)O1)N4c1cccc(F)c1. The lowest BCUT2D eigenvalue weighted by Gasteiger charge is -2.44. The monoisotopic (exact) mass is 840 g/mol. The summed E-state index contributed by atoms with van der Waals surface area (Å²) in [5, 5.41) is 0. The van der Waals surface area contributed by atoms with E-state index in [1.807, 2.05) is 19.9 Å². The van der Waals surface area contributed by atoms with Crippen LogP contribution in [0.25, 0.3) is 0 Å². The zero-order valence-corrected chi connectivity index (χ0v) is 37.1. The highest BCUT2D eigenvalue weighted by atomic mass is 19.1. The molecule has 4 aliphatic heterocycles. The molecule has 4 saturated heterocycles. The quantitative estimate of drug-likeness (QED) is 0.194. The van der Waals surface area contributed by atoms with Crippen molar-refractivity contribution in [2.75, 3.05) is 40.3 Å². The molecule has 334 valence electrons. The first-order chi connectivity index (χ1) is 28.9. The van der Waals surface area contributed by atoms with Crippen LogP contribution in [0.2, 0.25) is 0 Å². The molecule has 1 aromatic carbocycles. The lowest BCUT2D eigenvalue weighted by Crippen LogP contribution is -2.59. The molecule has 0 spiro atoms. The maximum Gasteiger partial charge on any atom is 0.306 e. The Kier molecular flexibility index (Phi) is 13.5. The molecule has 3 aliphatic carbocycles. The van der Waals surface area contributed by atoms with Gasteiger partial charge in [-0.3, -0.25) is 9.59 Å². The summed E-state index contributed by atoms with van der Waals surface area (Å²) in [6, 6.07) is 7.25. The molecule has 1 aromatic rings. The molecule has 0 amide bonds. The van der Waals surface area contributed by atoms with Crippen LogP contribution in [0.3, 0.4) is 0 Å². The third-order valence-corrected chi connectivity index (χ3v) is 15.5. The lowest BCUT2D eigenvalue weighted by molar-refractivity contribution is -0.314. The number of hydrogen-bond acceptors (Lipinski definition) is 12. The van der Waals surface area contributed by atoms with Crippen molar-refractivity contribution in [2.24, 2.45) is 35.5 Å². The second kappa shape index (κ2) is 18.3. The number of fused-ring (bicyclic) bond motifs is 8. The fraction of sp³-hybridized carbons (Fsp3) is 0.787. The fourth-order valence-electron chi connectivity index (χ4n) is 12.6. The number of esters is 1. The van der Waals surface area contributed by atoms with Crippen molar-refractivity contribution in [3.05, 3.63) is 41.7 Å². The van der Waals surface area contributed by atoms with E-state index in [9.17, 15) is 9.18 Å². The Bertz CT molecular complexity index is 1710. The smallest absolute Gasteiger partial charge is 0.306 e. The summed E-state index contributed by atoms with van der Waals surface area (Å²) in [5.41, 5.74) is 1.54. The maximum absolute atomic E-state index is 15.1. The van der Waals surface area contributed by atoms with Gasteiger partial charge in [0.05, 0.1) is 42.9 Å². The third kappa shape index (κ3) is 8.35. The van der Waals surface area contributed by atoms with Crippen LogP contribution in [-0.4, -0.2) is 132 Å². The molecule has 0 aromatic heterocycles. The van der Waals surface area contributed by atoms with Crippen molar-refractivity contribution in [1.29, 1.82) is 0 Å². The number of likely N-dealkylation sites (N-methyl/N-ethyl adjacent to an activating group) is 1. The highest BCUT2D eigenvalue weighted by Crippen LogP contribution is 2.65. The van der Waals surface area contributed by atoms with Crippen molar-refractivity contribution in [3.63, 3.8) is 0 Å². The number of carbonyl (C=O) groups excluding carboxylic acids is 2. The standard InChI is InChI=1S/C47H69FN2O10/c1-10-29-15-12-16-37(60-39-18-17-36(49(5)6)25(3)56-39)24(2)43(52)35-22-32-31-20-30(59-47-46(55-9)45(54-8)44(53-7)26(4)57-47)21-34(31)41-42(40(32)33(35)23-38(51)58-29)50(41)28-14-11-13-27(48)19-28/h11,13-14,19,22,24-26,29-34,36-37,39-42,44-47H,10,12,15-18,20-21,23H2,1-9H3/t24-,25?,26?,29+,30+,31+,32+,33-,34-,36+,37+,39+,40-,41+,42-,44+,45?,46+,47+,50?/m1/s1. The number of benzene rings is 1. The molecule has 2 saturated carbocycles. The number of hydrogen-bond donors (Lipinski definition) is 0. The minimum Gasteiger partial charge on any atom is -0.462 e. The Labute approximate surface area is 356 Å². The van der Waals surface area contributed by atoms with E-state index in [0.717, 1.165) is 43.4 Å². The highest BCUT2D eigenvalue weighted by molar-refractivity contribution is 5.99. The molecule has 0 N–H and O–H groups in total. The number of anilines is 1. The molecule has 3 unspecified atom stereocenters. The Morgan fingerprint density at radius 3 is 2.30 bits per heavy atom. The minimum absolute atomic E-state index is 0.00163. The van der Waals surface area contributed by atoms with Crippen LogP contribution >= 0.6 is 0 Å². The van der Waals surface area contributed by atoms with E-state index >= 15 is 4.79 Å².